The van der Waals surface area contributed by atoms with Gasteiger partial charge in [0.25, 0.3) is 5.89 Å². The number of benzene rings is 1. The molecule has 5 nitrogen and oxygen atoms in total. The molecular weight excluding hydrogens is 329 g/mol. The van der Waals surface area contributed by atoms with Crippen LogP contribution in [0.1, 0.15) is 0 Å². The molecule has 0 aliphatic carbocycles. The molecule has 100 valence electrons. The van der Waals surface area contributed by atoms with E-state index in [-0.39, 0.29) is 17.2 Å². The van der Waals surface area contributed by atoms with Crippen molar-refractivity contribution in [3.05, 3.63) is 46.9 Å². The molecule has 1 aromatic carbocycles. The number of hydrogen-bond donors (Lipinski definition) is 1. The summed E-state index contributed by atoms with van der Waals surface area (Å²) in [4.78, 5) is 8.17. The van der Waals surface area contributed by atoms with Gasteiger partial charge in [0.1, 0.15) is 11.6 Å². The summed E-state index contributed by atoms with van der Waals surface area (Å²) in [7, 11) is 0. The van der Waals surface area contributed by atoms with E-state index in [1.54, 1.807) is 18.5 Å². The third kappa shape index (κ3) is 2.39. The van der Waals surface area contributed by atoms with Crippen LogP contribution in [0.3, 0.4) is 0 Å². The first kappa shape index (κ1) is 12.7. The third-order valence-corrected chi connectivity index (χ3v) is 3.01. The van der Waals surface area contributed by atoms with Crippen LogP contribution in [0, 0.1) is 5.82 Å². The quantitative estimate of drug-likeness (QED) is 0.776. The van der Waals surface area contributed by atoms with Gasteiger partial charge in [0, 0.05) is 28.5 Å². The molecule has 0 spiro atoms. The molecule has 7 heteroatoms. The molecule has 0 saturated carbocycles. The Kier molecular flexibility index (Phi) is 3.19. The van der Waals surface area contributed by atoms with E-state index in [9.17, 15) is 9.50 Å². The van der Waals surface area contributed by atoms with E-state index in [1.165, 1.54) is 12.1 Å². The fourth-order valence-electron chi connectivity index (χ4n) is 1.67. The first-order valence-corrected chi connectivity index (χ1v) is 6.36. The number of aromatic nitrogens is 3. The molecule has 0 saturated heterocycles. The lowest BCUT2D eigenvalue weighted by atomic mass is 10.2. The van der Waals surface area contributed by atoms with Gasteiger partial charge >= 0.3 is 0 Å². The SMILES string of the molecule is Oc1cc(F)ccc1-c1nc(-c2cncc(Br)c2)no1. The topological polar surface area (TPSA) is 72.0 Å². The number of rotatable bonds is 2. The van der Waals surface area contributed by atoms with E-state index >= 15 is 0 Å². The van der Waals surface area contributed by atoms with Gasteiger partial charge in [0.2, 0.25) is 5.82 Å². The minimum absolute atomic E-state index is 0.109. The van der Waals surface area contributed by atoms with Crippen LogP contribution in [0.15, 0.2) is 45.7 Å². The fraction of sp³-hybridized carbons (Fsp3) is 0. The van der Waals surface area contributed by atoms with E-state index in [1.807, 2.05) is 0 Å². The molecule has 20 heavy (non-hydrogen) atoms. The van der Waals surface area contributed by atoms with Crippen LogP contribution >= 0.6 is 15.9 Å². The summed E-state index contributed by atoms with van der Waals surface area (Å²) in [5.41, 5.74) is 0.934. The van der Waals surface area contributed by atoms with Gasteiger partial charge in [-0.05, 0) is 34.1 Å². The monoisotopic (exact) mass is 335 g/mol. The summed E-state index contributed by atoms with van der Waals surface area (Å²) in [5, 5.41) is 13.5. The average molecular weight is 336 g/mol. The zero-order valence-corrected chi connectivity index (χ0v) is 11.5. The number of aromatic hydroxyl groups is 1. The first-order valence-electron chi connectivity index (χ1n) is 5.57. The summed E-state index contributed by atoms with van der Waals surface area (Å²) in [6.07, 6.45) is 3.22. The number of hydrogen-bond acceptors (Lipinski definition) is 5. The summed E-state index contributed by atoms with van der Waals surface area (Å²) in [6, 6.07) is 5.35. The van der Waals surface area contributed by atoms with Gasteiger partial charge in [-0.25, -0.2) is 4.39 Å². The van der Waals surface area contributed by atoms with E-state index in [0.29, 0.717) is 11.4 Å². The second-order valence-corrected chi connectivity index (χ2v) is 4.89. The lowest BCUT2D eigenvalue weighted by molar-refractivity contribution is 0.425. The smallest absolute Gasteiger partial charge is 0.262 e. The van der Waals surface area contributed by atoms with Crippen molar-refractivity contribution in [1.29, 1.82) is 0 Å². The molecule has 0 amide bonds. The fourth-order valence-corrected chi connectivity index (χ4v) is 2.03. The maximum atomic E-state index is 12.9. The van der Waals surface area contributed by atoms with Crippen LogP contribution in [0.5, 0.6) is 5.75 Å². The van der Waals surface area contributed by atoms with E-state index in [0.717, 1.165) is 10.5 Å². The van der Waals surface area contributed by atoms with Gasteiger partial charge in [-0.1, -0.05) is 5.16 Å². The molecule has 0 radical (unpaired) electrons. The molecule has 0 aliphatic rings. The van der Waals surface area contributed by atoms with Gasteiger partial charge in [-0.2, -0.15) is 4.98 Å². The van der Waals surface area contributed by atoms with Crippen molar-refractivity contribution in [2.24, 2.45) is 0 Å². The molecule has 3 rings (SSSR count). The summed E-state index contributed by atoms with van der Waals surface area (Å²) in [5.74, 6) is -0.357. The Morgan fingerprint density at radius 1 is 1.20 bits per heavy atom. The maximum Gasteiger partial charge on any atom is 0.262 e. The van der Waals surface area contributed by atoms with Crippen LogP contribution in [0.25, 0.3) is 22.8 Å². The summed E-state index contributed by atoms with van der Waals surface area (Å²) >= 11 is 3.30. The van der Waals surface area contributed by atoms with E-state index < -0.39 is 5.82 Å². The zero-order chi connectivity index (χ0) is 14.1. The van der Waals surface area contributed by atoms with Crippen molar-refractivity contribution in [3.8, 4) is 28.6 Å². The van der Waals surface area contributed by atoms with Gasteiger partial charge < -0.3 is 9.63 Å². The van der Waals surface area contributed by atoms with Crippen LogP contribution in [0.2, 0.25) is 0 Å². The highest BCUT2D eigenvalue weighted by Gasteiger charge is 2.14. The minimum Gasteiger partial charge on any atom is -0.507 e. The highest BCUT2D eigenvalue weighted by molar-refractivity contribution is 9.10. The summed E-state index contributed by atoms with van der Waals surface area (Å²) < 4.78 is 18.8. The van der Waals surface area contributed by atoms with Gasteiger partial charge in [-0.15, -0.1) is 0 Å². The number of phenols is 1. The van der Waals surface area contributed by atoms with Gasteiger partial charge in [-0.3, -0.25) is 4.98 Å². The van der Waals surface area contributed by atoms with Crippen molar-refractivity contribution in [3.63, 3.8) is 0 Å². The van der Waals surface area contributed by atoms with Crippen molar-refractivity contribution < 1.29 is 14.0 Å². The van der Waals surface area contributed by atoms with Crippen molar-refractivity contribution in [1.82, 2.24) is 15.1 Å². The molecule has 2 aromatic heterocycles. The highest BCUT2D eigenvalue weighted by atomic mass is 79.9. The number of pyridine rings is 1. The molecule has 0 aliphatic heterocycles. The number of phenolic OH excluding ortho intramolecular Hbond substituents is 1. The molecule has 2 heterocycles. The molecule has 0 atom stereocenters. The second kappa shape index (κ2) is 5.01. The summed E-state index contributed by atoms with van der Waals surface area (Å²) in [6.45, 7) is 0. The Bertz CT molecular complexity index is 776. The molecule has 0 unspecified atom stereocenters. The predicted octanol–water partition coefficient (Wildman–Crippen LogP) is 3.41. The van der Waals surface area contributed by atoms with Gasteiger partial charge in [0.15, 0.2) is 0 Å². The molecule has 0 fully saturated rings. The Morgan fingerprint density at radius 3 is 2.80 bits per heavy atom. The average Bonchev–Trinajstić information content (AvgIpc) is 2.88. The lowest BCUT2D eigenvalue weighted by Crippen LogP contribution is -1.84. The molecule has 1 N–H and O–H groups in total. The van der Waals surface area contributed by atoms with Crippen molar-refractivity contribution in [2.75, 3.05) is 0 Å². The van der Waals surface area contributed by atoms with E-state index in [4.69, 9.17) is 4.52 Å². The number of nitrogens with zero attached hydrogens (tertiary/aromatic N) is 3. The third-order valence-electron chi connectivity index (χ3n) is 2.58. The Labute approximate surface area is 121 Å². The van der Waals surface area contributed by atoms with Crippen LogP contribution in [-0.4, -0.2) is 20.2 Å². The first-order chi connectivity index (χ1) is 9.63. The molecule has 3 aromatic rings. The normalized spacial score (nSPS) is 10.7. The standard InChI is InChI=1S/C13H7BrFN3O2/c14-8-3-7(5-16-6-8)12-17-13(20-18-12)10-2-1-9(15)4-11(10)19/h1-6,19H. The van der Waals surface area contributed by atoms with Crippen molar-refractivity contribution >= 4 is 15.9 Å². The Morgan fingerprint density at radius 2 is 2.05 bits per heavy atom. The van der Waals surface area contributed by atoms with Crippen molar-refractivity contribution in [2.45, 2.75) is 0 Å². The Hall–Kier alpha value is -2.28. The highest BCUT2D eigenvalue weighted by Crippen LogP contribution is 2.30. The second-order valence-electron chi connectivity index (χ2n) is 3.98. The van der Waals surface area contributed by atoms with Crippen LogP contribution in [0.4, 0.5) is 4.39 Å². The Balaban J connectivity index is 2.02. The minimum atomic E-state index is -0.540. The zero-order valence-electron chi connectivity index (χ0n) is 9.92. The largest absolute Gasteiger partial charge is 0.507 e. The van der Waals surface area contributed by atoms with Gasteiger partial charge in [0.05, 0.1) is 5.56 Å². The van der Waals surface area contributed by atoms with Crippen LogP contribution < -0.4 is 0 Å². The maximum absolute atomic E-state index is 12.9. The lowest BCUT2D eigenvalue weighted by Gasteiger charge is -1.98. The molecular formula is C13H7BrFN3O2. The predicted molar refractivity (Wildman–Crippen MR) is 72.3 cm³/mol. The van der Waals surface area contributed by atoms with Crippen LogP contribution in [-0.2, 0) is 0 Å². The molecule has 0 bridgehead atoms. The number of halogens is 2. The van der Waals surface area contributed by atoms with E-state index in [2.05, 4.69) is 31.1 Å².